The van der Waals surface area contributed by atoms with Gasteiger partial charge in [0, 0.05) is 18.0 Å². The van der Waals surface area contributed by atoms with E-state index < -0.39 is 0 Å². The number of aromatic nitrogens is 2. The fraction of sp³-hybridized carbons (Fsp3) is 0.474. The minimum atomic E-state index is -0.262. The molecule has 124 valence electrons. The van der Waals surface area contributed by atoms with Gasteiger partial charge < -0.3 is 4.74 Å². The van der Waals surface area contributed by atoms with Crippen molar-refractivity contribution in [1.82, 2.24) is 9.97 Å². The van der Waals surface area contributed by atoms with Gasteiger partial charge in [0.15, 0.2) is 0 Å². The third-order valence-electron chi connectivity index (χ3n) is 3.77. The first-order valence-electron chi connectivity index (χ1n) is 8.50. The minimum absolute atomic E-state index is 0.262. The zero-order valence-corrected chi connectivity index (χ0v) is 13.8. The molecule has 0 saturated carbocycles. The molecule has 0 aliphatic rings. The van der Waals surface area contributed by atoms with Crippen LogP contribution in [-0.4, -0.2) is 16.6 Å². The first-order valence-corrected chi connectivity index (χ1v) is 8.50. The highest BCUT2D eigenvalue weighted by Gasteiger charge is 2.02. The summed E-state index contributed by atoms with van der Waals surface area (Å²) in [5.41, 5.74) is 1.55. The van der Waals surface area contributed by atoms with Crippen LogP contribution in [0.15, 0.2) is 36.7 Å². The van der Waals surface area contributed by atoms with Gasteiger partial charge in [-0.25, -0.2) is 14.4 Å². The number of ether oxygens (including phenoxy) is 1. The highest BCUT2D eigenvalue weighted by molar-refractivity contribution is 5.61. The molecule has 0 aliphatic heterocycles. The summed E-state index contributed by atoms with van der Waals surface area (Å²) in [7, 11) is 0. The molecule has 0 fully saturated rings. The Hall–Kier alpha value is -1.97. The lowest BCUT2D eigenvalue weighted by Gasteiger charge is -2.05. The van der Waals surface area contributed by atoms with Gasteiger partial charge in [-0.3, -0.25) is 0 Å². The standard InChI is InChI=1S/C19H25FN2O/c1-2-3-4-5-6-7-8-12-23-19-21-14-17(15-22-19)16-10-9-11-18(20)13-16/h9-11,13-15H,2-8,12H2,1H3. The van der Waals surface area contributed by atoms with Crippen LogP contribution in [0.5, 0.6) is 6.01 Å². The van der Waals surface area contributed by atoms with Crippen molar-refractivity contribution in [3.63, 3.8) is 0 Å². The van der Waals surface area contributed by atoms with Crippen LogP contribution in [-0.2, 0) is 0 Å². The average molecular weight is 316 g/mol. The summed E-state index contributed by atoms with van der Waals surface area (Å²) in [6, 6.07) is 6.79. The van der Waals surface area contributed by atoms with E-state index in [1.807, 2.05) is 6.07 Å². The molecule has 1 aromatic carbocycles. The van der Waals surface area contributed by atoms with Gasteiger partial charge >= 0.3 is 6.01 Å². The molecule has 0 unspecified atom stereocenters. The van der Waals surface area contributed by atoms with Gasteiger partial charge in [0.1, 0.15) is 5.82 Å². The van der Waals surface area contributed by atoms with Crippen molar-refractivity contribution in [3.05, 3.63) is 42.5 Å². The number of nitrogens with zero attached hydrogens (tertiary/aromatic N) is 2. The van der Waals surface area contributed by atoms with Crippen LogP contribution in [0.2, 0.25) is 0 Å². The molecule has 0 atom stereocenters. The van der Waals surface area contributed by atoms with Crippen molar-refractivity contribution in [2.24, 2.45) is 0 Å². The Balaban J connectivity index is 1.69. The molecule has 0 saturated heterocycles. The Labute approximate surface area is 137 Å². The highest BCUT2D eigenvalue weighted by atomic mass is 19.1. The summed E-state index contributed by atoms with van der Waals surface area (Å²) >= 11 is 0. The lowest BCUT2D eigenvalue weighted by Crippen LogP contribution is -2.01. The van der Waals surface area contributed by atoms with Crippen LogP contribution in [0, 0.1) is 5.82 Å². The topological polar surface area (TPSA) is 35.0 Å². The van der Waals surface area contributed by atoms with E-state index in [0.29, 0.717) is 12.6 Å². The third kappa shape index (κ3) is 6.35. The van der Waals surface area contributed by atoms with Crippen LogP contribution < -0.4 is 4.74 Å². The van der Waals surface area contributed by atoms with E-state index in [1.165, 1.54) is 50.7 Å². The molecule has 0 radical (unpaired) electrons. The smallest absolute Gasteiger partial charge is 0.316 e. The van der Waals surface area contributed by atoms with E-state index in [1.54, 1.807) is 18.5 Å². The monoisotopic (exact) mass is 316 g/mol. The van der Waals surface area contributed by atoms with Crippen LogP contribution >= 0.6 is 0 Å². The minimum Gasteiger partial charge on any atom is -0.463 e. The maximum atomic E-state index is 13.2. The zero-order valence-electron chi connectivity index (χ0n) is 13.8. The number of hydrogen-bond donors (Lipinski definition) is 0. The van der Waals surface area contributed by atoms with E-state index in [4.69, 9.17) is 4.74 Å². The molecule has 23 heavy (non-hydrogen) atoms. The fourth-order valence-electron chi connectivity index (χ4n) is 2.43. The molecule has 0 aliphatic carbocycles. The van der Waals surface area contributed by atoms with Crippen LogP contribution in [0.3, 0.4) is 0 Å². The summed E-state index contributed by atoms with van der Waals surface area (Å²) < 4.78 is 18.8. The highest BCUT2D eigenvalue weighted by Crippen LogP contribution is 2.19. The maximum Gasteiger partial charge on any atom is 0.316 e. The van der Waals surface area contributed by atoms with E-state index in [0.717, 1.165) is 17.5 Å². The van der Waals surface area contributed by atoms with Crippen molar-refractivity contribution in [2.75, 3.05) is 6.61 Å². The third-order valence-corrected chi connectivity index (χ3v) is 3.77. The van der Waals surface area contributed by atoms with Gasteiger partial charge in [-0.2, -0.15) is 0 Å². The molecule has 2 aromatic rings. The molecular weight excluding hydrogens is 291 g/mol. The molecule has 0 spiro atoms. The first-order chi connectivity index (χ1) is 11.3. The molecule has 4 heteroatoms. The Morgan fingerprint density at radius 1 is 0.913 bits per heavy atom. The normalized spacial score (nSPS) is 10.7. The lowest BCUT2D eigenvalue weighted by molar-refractivity contribution is 0.281. The number of hydrogen-bond acceptors (Lipinski definition) is 3. The second kappa shape index (κ2) is 9.93. The maximum absolute atomic E-state index is 13.2. The summed E-state index contributed by atoms with van der Waals surface area (Å²) in [5, 5.41) is 0. The summed E-state index contributed by atoms with van der Waals surface area (Å²) in [5.74, 6) is -0.262. The van der Waals surface area contributed by atoms with Gasteiger partial charge in [-0.15, -0.1) is 0 Å². The zero-order chi connectivity index (χ0) is 16.3. The van der Waals surface area contributed by atoms with E-state index in [2.05, 4.69) is 16.9 Å². The first kappa shape index (κ1) is 17.4. The fourth-order valence-corrected chi connectivity index (χ4v) is 2.43. The predicted octanol–water partition coefficient (Wildman–Crippen LogP) is 5.41. The van der Waals surface area contributed by atoms with Gasteiger partial charge in [0.2, 0.25) is 0 Å². The molecule has 3 nitrogen and oxygen atoms in total. The summed E-state index contributed by atoms with van der Waals surface area (Å²) in [6.07, 6.45) is 12.1. The molecule has 1 heterocycles. The van der Waals surface area contributed by atoms with Gasteiger partial charge in [0.25, 0.3) is 0 Å². The van der Waals surface area contributed by atoms with Crippen LogP contribution in [0.4, 0.5) is 4.39 Å². The second-order valence-electron chi connectivity index (χ2n) is 5.73. The summed E-state index contributed by atoms with van der Waals surface area (Å²) in [6.45, 7) is 2.88. The molecule has 1 aromatic heterocycles. The second-order valence-corrected chi connectivity index (χ2v) is 5.73. The van der Waals surface area contributed by atoms with Crippen molar-refractivity contribution >= 4 is 0 Å². The number of benzene rings is 1. The van der Waals surface area contributed by atoms with Crippen LogP contribution in [0.25, 0.3) is 11.1 Å². The Morgan fingerprint density at radius 2 is 1.61 bits per heavy atom. The Bertz CT molecular complexity index is 572. The number of rotatable bonds is 10. The van der Waals surface area contributed by atoms with Crippen molar-refractivity contribution in [2.45, 2.75) is 51.9 Å². The number of halogens is 1. The molecule has 0 amide bonds. The molecule has 0 bridgehead atoms. The largest absolute Gasteiger partial charge is 0.463 e. The summed E-state index contributed by atoms with van der Waals surface area (Å²) in [4.78, 5) is 8.37. The van der Waals surface area contributed by atoms with Crippen molar-refractivity contribution in [1.29, 1.82) is 0 Å². The quantitative estimate of drug-likeness (QED) is 0.550. The Morgan fingerprint density at radius 3 is 2.30 bits per heavy atom. The van der Waals surface area contributed by atoms with Crippen molar-refractivity contribution < 1.29 is 9.13 Å². The van der Waals surface area contributed by atoms with Crippen molar-refractivity contribution in [3.8, 4) is 17.1 Å². The predicted molar refractivity (Wildman–Crippen MR) is 90.9 cm³/mol. The van der Waals surface area contributed by atoms with E-state index >= 15 is 0 Å². The molecule has 2 rings (SSSR count). The van der Waals surface area contributed by atoms with Gasteiger partial charge in [-0.05, 0) is 24.1 Å². The van der Waals surface area contributed by atoms with Gasteiger partial charge in [0.05, 0.1) is 6.61 Å². The SMILES string of the molecule is CCCCCCCCCOc1ncc(-c2cccc(F)c2)cn1. The van der Waals surface area contributed by atoms with Gasteiger partial charge in [-0.1, -0.05) is 57.6 Å². The van der Waals surface area contributed by atoms with E-state index in [-0.39, 0.29) is 5.82 Å². The lowest BCUT2D eigenvalue weighted by atomic mass is 10.1. The van der Waals surface area contributed by atoms with Crippen LogP contribution in [0.1, 0.15) is 51.9 Å². The molecule has 0 N–H and O–H groups in total. The Kier molecular flexibility index (Phi) is 7.50. The average Bonchev–Trinajstić information content (AvgIpc) is 2.58. The molecular formula is C19H25FN2O. The number of unbranched alkanes of at least 4 members (excludes halogenated alkanes) is 6. The van der Waals surface area contributed by atoms with E-state index in [9.17, 15) is 4.39 Å².